The topological polar surface area (TPSA) is 58.6 Å². The summed E-state index contributed by atoms with van der Waals surface area (Å²) in [4.78, 5) is 11.2. The molecule has 0 aromatic heterocycles. The Morgan fingerprint density at radius 2 is 2.50 bits per heavy atom. The first-order chi connectivity index (χ1) is 6.68. The van der Waals surface area contributed by atoms with Crippen LogP contribution in [0.15, 0.2) is 0 Å². The fraction of sp³-hybridized carbons (Fsp3) is 0.900. The number of amides is 1. The smallest absolute Gasteiger partial charge is 0.220 e. The minimum atomic E-state index is -0.471. The van der Waals surface area contributed by atoms with Crippen LogP contribution in [0.5, 0.6) is 0 Å². The van der Waals surface area contributed by atoms with Crippen molar-refractivity contribution in [2.24, 2.45) is 0 Å². The zero-order valence-electron chi connectivity index (χ0n) is 8.66. The van der Waals surface area contributed by atoms with E-state index in [0.717, 1.165) is 25.9 Å². The Morgan fingerprint density at radius 1 is 1.71 bits per heavy atom. The quantitative estimate of drug-likeness (QED) is 0.678. The second-order valence-corrected chi connectivity index (χ2v) is 3.83. The molecule has 1 heterocycles. The van der Waals surface area contributed by atoms with E-state index in [1.54, 1.807) is 6.92 Å². The number of ether oxygens (including phenoxy) is 1. The maximum atomic E-state index is 11.2. The Kier molecular flexibility index (Phi) is 4.90. The fourth-order valence-electron chi connectivity index (χ4n) is 1.51. The lowest BCUT2D eigenvalue weighted by Gasteiger charge is -2.10. The van der Waals surface area contributed by atoms with E-state index in [-0.39, 0.29) is 12.0 Å². The molecular weight excluding hydrogens is 182 g/mol. The summed E-state index contributed by atoms with van der Waals surface area (Å²) in [5.41, 5.74) is 0. The third-order valence-corrected chi connectivity index (χ3v) is 2.31. The molecule has 0 saturated carbocycles. The van der Waals surface area contributed by atoms with Crippen molar-refractivity contribution < 1.29 is 14.6 Å². The first kappa shape index (κ1) is 11.5. The van der Waals surface area contributed by atoms with Gasteiger partial charge in [-0.25, -0.2) is 0 Å². The molecule has 0 bridgehead atoms. The highest BCUT2D eigenvalue weighted by atomic mass is 16.5. The Labute approximate surface area is 84.6 Å². The number of rotatable bonds is 5. The van der Waals surface area contributed by atoms with E-state index in [0.29, 0.717) is 13.0 Å². The van der Waals surface area contributed by atoms with Crippen molar-refractivity contribution >= 4 is 5.91 Å². The largest absolute Gasteiger partial charge is 0.392 e. The van der Waals surface area contributed by atoms with Gasteiger partial charge in [0.15, 0.2) is 0 Å². The average Bonchev–Trinajstić information content (AvgIpc) is 2.63. The Bertz CT molecular complexity index is 176. The van der Waals surface area contributed by atoms with Crippen LogP contribution in [0, 0.1) is 0 Å². The van der Waals surface area contributed by atoms with Crippen LogP contribution in [0.2, 0.25) is 0 Å². The molecular formula is C10H19NO3. The molecule has 82 valence electrons. The summed E-state index contributed by atoms with van der Waals surface area (Å²) >= 11 is 0. The summed E-state index contributed by atoms with van der Waals surface area (Å²) in [6, 6.07) is 0. The molecule has 1 rings (SSSR count). The highest BCUT2D eigenvalue weighted by Crippen LogP contribution is 2.16. The molecule has 0 radical (unpaired) electrons. The van der Waals surface area contributed by atoms with Crippen molar-refractivity contribution in [2.75, 3.05) is 13.2 Å². The molecule has 1 unspecified atom stereocenters. The van der Waals surface area contributed by atoms with E-state index in [4.69, 9.17) is 9.84 Å². The lowest BCUT2D eigenvalue weighted by Crippen LogP contribution is -2.30. The predicted molar refractivity (Wildman–Crippen MR) is 52.9 cm³/mol. The van der Waals surface area contributed by atoms with Gasteiger partial charge >= 0.3 is 0 Å². The third-order valence-electron chi connectivity index (χ3n) is 2.31. The Balaban J connectivity index is 2.02. The van der Waals surface area contributed by atoms with Gasteiger partial charge in [0.25, 0.3) is 0 Å². The molecule has 1 aliphatic rings. The van der Waals surface area contributed by atoms with Crippen molar-refractivity contribution in [3.8, 4) is 0 Å². The molecule has 4 nitrogen and oxygen atoms in total. The van der Waals surface area contributed by atoms with Crippen LogP contribution in [0.25, 0.3) is 0 Å². The van der Waals surface area contributed by atoms with E-state index < -0.39 is 6.10 Å². The van der Waals surface area contributed by atoms with E-state index in [1.807, 2.05) is 0 Å². The van der Waals surface area contributed by atoms with Gasteiger partial charge in [0.1, 0.15) is 0 Å². The second kappa shape index (κ2) is 5.98. The molecule has 0 aromatic carbocycles. The molecule has 14 heavy (non-hydrogen) atoms. The van der Waals surface area contributed by atoms with E-state index in [2.05, 4.69) is 5.32 Å². The minimum absolute atomic E-state index is 0.00130. The number of aliphatic hydroxyl groups is 1. The fourth-order valence-corrected chi connectivity index (χ4v) is 1.51. The Hall–Kier alpha value is -0.610. The summed E-state index contributed by atoms with van der Waals surface area (Å²) in [6.07, 6.45) is 3.28. The zero-order chi connectivity index (χ0) is 10.4. The molecule has 1 saturated heterocycles. The lowest BCUT2D eigenvalue weighted by molar-refractivity contribution is -0.122. The molecule has 1 amide bonds. The standard InChI is InChI=1S/C10H19NO3/c1-8(12)7-11-10(13)5-4-9-3-2-6-14-9/h8-9,12H,2-7H2,1H3,(H,11,13)/t8-,9?/m1/s1. The number of hydrogen-bond donors (Lipinski definition) is 2. The summed E-state index contributed by atoms with van der Waals surface area (Å²) < 4.78 is 5.40. The predicted octanol–water partition coefficient (Wildman–Crippen LogP) is 0.443. The first-order valence-corrected chi connectivity index (χ1v) is 5.25. The van der Waals surface area contributed by atoms with Gasteiger partial charge in [0.2, 0.25) is 5.91 Å². The third kappa shape index (κ3) is 4.58. The van der Waals surface area contributed by atoms with Crippen LogP contribution >= 0.6 is 0 Å². The molecule has 1 aliphatic heterocycles. The van der Waals surface area contributed by atoms with Crippen LogP contribution in [-0.2, 0) is 9.53 Å². The van der Waals surface area contributed by atoms with E-state index in [9.17, 15) is 4.79 Å². The average molecular weight is 201 g/mol. The summed E-state index contributed by atoms with van der Waals surface area (Å²) in [5.74, 6) is 0.00130. The molecule has 0 aliphatic carbocycles. The van der Waals surface area contributed by atoms with Crippen LogP contribution in [-0.4, -0.2) is 36.4 Å². The molecule has 2 atom stereocenters. The monoisotopic (exact) mass is 201 g/mol. The van der Waals surface area contributed by atoms with Gasteiger partial charge in [0.05, 0.1) is 12.2 Å². The summed E-state index contributed by atoms with van der Waals surface area (Å²) in [6.45, 7) is 2.82. The van der Waals surface area contributed by atoms with Gasteiger partial charge in [0, 0.05) is 19.6 Å². The summed E-state index contributed by atoms with van der Waals surface area (Å²) in [7, 11) is 0. The van der Waals surface area contributed by atoms with Gasteiger partial charge in [-0.3, -0.25) is 4.79 Å². The Morgan fingerprint density at radius 3 is 3.07 bits per heavy atom. The molecule has 2 N–H and O–H groups in total. The van der Waals surface area contributed by atoms with Crippen LogP contribution in [0.3, 0.4) is 0 Å². The number of carbonyl (C=O) groups excluding carboxylic acids is 1. The van der Waals surface area contributed by atoms with E-state index in [1.165, 1.54) is 0 Å². The van der Waals surface area contributed by atoms with Crippen molar-refractivity contribution in [3.05, 3.63) is 0 Å². The summed E-state index contributed by atoms with van der Waals surface area (Å²) in [5, 5.41) is 11.6. The molecule has 4 heteroatoms. The van der Waals surface area contributed by atoms with Gasteiger partial charge in [-0.1, -0.05) is 0 Å². The van der Waals surface area contributed by atoms with Crippen LogP contribution in [0.4, 0.5) is 0 Å². The maximum Gasteiger partial charge on any atom is 0.220 e. The van der Waals surface area contributed by atoms with Gasteiger partial charge < -0.3 is 15.2 Å². The molecule has 1 fully saturated rings. The first-order valence-electron chi connectivity index (χ1n) is 5.25. The van der Waals surface area contributed by atoms with Crippen molar-refractivity contribution in [1.29, 1.82) is 0 Å². The zero-order valence-corrected chi connectivity index (χ0v) is 8.66. The van der Waals surface area contributed by atoms with Crippen molar-refractivity contribution in [1.82, 2.24) is 5.32 Å². The second-order valence-electron chi connectivity index (χ2n) is 3.83. The van der Waals surface area contributed by atoms with Crippen LogP contribution in [0.1, 0.15) is 32.6 Å². The van der Waals surface area contributed by atoms with Gasteiger partial charge in [-0.05, 0) is 26.2 Å². The van der Waals surface area contributed by atoms with Crippen molar-refractivity contribution in [2.45, 2.75) is 44.8 Å². The number of carbonyl (C=O) groups is 1. The SMILES string of the molecule is C[C@@H](O)CNC(=O)CCC1CCCO1. The minimum Gasteiger partial charge on any atom is -0.392 e. The van der Waals surface area contributed by atoms with Crippen LogP contribution < -0.4 is 5.32 Å². The number of nitrogens with one attached hydrogen (secondary N) is 1. The van der Waals surface area contributed by atoms with E-state index >= 15 is 0 Å². The highest BCUT2D eigenvalue weighted by molar-refractivity contribution is 5.75. The maximum absolute atomic E-state index is 11.2. The lowest BCUT2D eigenvalue weighted by atomic mass is 10.1. The van der Waals surface area contributed by atoms with Crippen molar-refractivity contribution in [3.63, 3.8) is 0 Å². The molecule has 0 spiro atoms. The van der Waals surface area contributed by atoms with Gasteiger partial charge in [-0.15, -0.1) is 0 Å². The normalized spacial score (nSPS) is 23.4. The number of aliphatic hydroxyl groups excluding tert-OH is 1. The number of hydrogen-bond acceptors (Lipinski definition) is 3. The van der Waals surface area contributed by atoms with Gasteiger partial charge in [-0.2, -0.15) is 0 Å². The molecule has 0 aromatic rings. The highest BCUT2D eigenvalue weighted by Gasteiger charge is 2.16.